The lowest BCUT2D eigenvalue weighted by atomic mass is 10.1. The number of aromatic nitrogens is 4. The summed E-state index contributed by atoms with van der Waals surface area (Å²) in [6.07, 6.45) is -4.50. The lowest BCUT2D eigenvalue weighted by molar-refractivity contribution is -0.147. The van der Waals surface area contributed by atoms with E-state index < -0.39 is 58.7 Å². The molecule has 3 heterocycles. The SMILES string of the molecule is CCN(CC)CCC[C@H](NP(=O)(Oc1cccc2ccccc12)OP(=O)(O)OC[C@H]1O[C@@H](n2c(Cl)nc3c(N)ncnc32)C(O)C1O)C(=O)OCc1ccccc1. The Bertz CT molecular complexity index is 2250. The number of halogens is 1. The molecule has 3 aromatic carbocycles. The number of rotatable bonds is 19. The van der Waals surface area contributed by atoms with Crippen LogP contribution in [-0.2, 0) is 38.8 Å². The van der Waals surface area contributed by atoms with E-state index in [1.807, 2.05) is 19.9 Å². The molecule has 0 bridgehead atoms. The Kier molecular flexibility index (Phi) is 14.0. The second-order valence-electron chi connectivity index (χ2n) is 13.1. The number of nitrogens with two attached hydrogens (primary N) is 1. The normalized spacial score (nSPS) is 21.0. The molecule has 1 saturated heterocycles. The maximum atomic E-state index is 14.8. The van der Waals surface area contributed by atoms with E-state index in [9.17, 15) is 29.0 Å². The van der Waals surface area contributed by atoms with Crippen molar-refractivity contribution in [1.82, 2.24) is 29.5 Å². The van der Waals surface area contributed by atoms with Crippen LogP contribution in [0.5, 0.6) is 5.75 Å². The third kappa shape index (κ3) is 10.4. The summed E-state index contributed by atoms with van der Waals surface area (Å²) in [6, 6.07) is 19.5. The van der Waals surface area contributed by atoms with Crippen molar-refractivity contribution in [2.75, 3.05) is 32.0 Å². The van der Waals surface area contributed by atoms with Crippen molar-refractivity contribution in [3.63, 3.8) is 0 Å². The van der Waals surface area contributed by atoms with Crippen molar-refractivity contribution < 1.29 is 51.9 Å². The van der Waals surface area contributed by atoms with Crippen LogP contribution in [0.25, 0.3) is 21.9 Å². The zero-order valence-corrected chi connectivity index (χ0v) is 33.6. The van der Waals surface area contributed by atoms with E-state index in [0.29, 0.717) is 29.3 Å². The minimum Gasteiger partial charge on any atom is -0.460 e. The average Bonchev–Trinajstić information content (AvgIpc) is 3.68. The smallest absolute Gasteiger partial charge is 0.460 e. The van der Waals surface area contributed by atoms with Crippen LogP contribution >= 0.6 is 27.2 Å². The van der Waals surface area contributed by atoms with Crippen molar-refractivity contribution in [1.29, 1.82) is 0 Å². The van der Waals surface area contributed by atoms with Gasteiger partial charge in [0.25, 0.3) is 0 Å². The minimum atomic E-state index is -5.41. The Balaban J connectivity index is 1.24. The van der Waals surface area contributed by atoms with E-state index in [-0.39, 0.29) is 41.0 Å². The predicted octanol–water partition coefficient (Wildman–Crippen LogP) is 4.98. The molecule has 0 aliphatic carbocycles. The number of hydrogen-bond acceptors (Lipinski definition) is 15. The number of imidazole rings is 1. The van der Waals surface area contributed by atoms with Crippen LogP contribution in [-0.4, -0.2) is 96.1 Å². The second-order valence-corrected chi connectivity index (χ2v) is 16.7. The summed E-state index contributed by atoms with van der Waals surface area (Å²) < 4.78 is 57.5. The average molecular weight is 848 g/mol. The van der Waals surface area contributed by atoms with Crippen molar-refractivity contribution >= 4 is 60.9 Å². The standard InChI is InChI=1S/C36H44ClN7O11P2/c1-3-43(4-2)19-11-17-26(35(47)51-20-23-12-6-5-7-13-23)42-56(48,54-27-18-10-15-24-14-8-9-16-25(24)27)55-57(49,50)52-21-28-30(45)31(46)34(53-28)44-33-29(41-36(44)37)32(38)39-22-40-33/h5-10,12-16,18,22,26,28,30-31,34,45-46H,3-4,11,17,19-21H2,1-2H3,(H,42,48)(H,49,50)(H2,38,39,40)/t26-,28+,30?,31?,34+,56?/m0/s1. The highest BCUT2D eigenvalue weighted by atomic mass is 35.5. The van der Waals surface area contributed by atoms with Gasteiger partial charge < -0.3 is 39.7 Å². The number of hydrogen-bond donors (Lipinski definition) is 5. The fraction of sp³-hybridized carbons (Fsp3) is 0.389. The fourth-order valence-corrected chi connectivity index (χ4v) is 9.60. The first-order valence-electron chi connectivity index (χ1n) is 18.1. The Morgan fingerprint density at radius 2 is 1.75 bits per heavy atom. The molecule has 1 fully saturated rings. The number of ether oxygens (including phenoxy) is 2. The molecule has 6 rings (SSSR count). The minimum absolute atomic E-state index is 0.00582. The summed E-state index contributed by atoms with van der Waals surface area (Å²) in [5.74, 6) is -0.790. The quantitative estimate of drug-likeness (QED) is 0.0418. The highest BCUT2D eigenvalue weighted by Crippen LogP contribution is 2.61. The molecule has 57 heavy (non-hydrogen) atoms. The zero-order chi connectivity index (χ0) is 40.7. The monoisotopic (exact) mass is 847 g/mol. The molecule has 18 nitrogen and oxygen atoms in total. The van der Waals surface area contributed by atoms with Crippen LogP contribution in [0, 0.1) is 0 Å². The number of phosphoric ester groups is 1. The van der Waals surface area contributed by atoms with Gasteiger partial charge in [0.1, 0.15) is 43.0 Å². The molecule has 0 radical (unpaired) electrons. The van der Waals surface area contributed by atoms with Gasteiger partial charge in [-0.3, -0.25) is 13.9 Å². The summed E-state index contributed by atoms with van der Waals surface area (Å²) in [4.78, 5) is 38.9. The number of aliphatic hydroxyl groups excluding tert-OH is 2. The van der Waals surface area contributed by atoms with Gasteiger partial charge in [-0.2, -0.15) is 9.40 Å². The molecule has 7 atom stereocenters. The van der Waals surface area contributed by atoms with Crippen LogP contribution in [0.3, 0.4) is 0 Å². The number of phosphoric acid groups is 1. The largest absolute Gasteiger partial charge is 0.481 e. The fourth-order valence-electron chi connectivity index (χ4n) is 6.32. The van der Waals surface area contributed by atoms with E-state index in [4.69, 9.17) is 40.2 Å². The summed E-state index contributed by atoms with van der Waals surface area (Å²) in [6.45, 7) is 5.16. The number of nitrogen functional groups attached to an aromatic ring is 1. The van der Waals surface area contributed by atoms with Crippen molar-refractivity contribution in [2.24, 2.45) is 0 Å². The van der Waals surface area contributed by atoms with Gasteiger partial charge in [-0.05, 0) is 61.1 Å². The Hall–Kier alpha value is -4.03. The van der Waals surface area contributed by atoms with E-state index in [1.54, 1.807) is 60.7 Å². The molecule has 6 N–H and O–H groups in total. The van der Waals surface area contributed by atoms with Gasteiger partial charge in [0.05, 0.1) is 6.61 Å². The molecule has 21 heteroatoms. The first-order chi connectivity index (χ1) is 27.3. The Labute approximate surface area is 333 Å². The summed E-state index contributed by atoms with van der Waals surface area (Å²) in [5.41, 5.74) is 6.80. The molecule has 1 aliphatic rings. The number of benzene rings is 3. The molecule has 0 spiro atoms. The molecule has 4 unspecified atom stereocenters. The third-order valence-electron chi connectivity index (χ3n) is 9.32. The van der Waals surface area contributed by atoms with Crippen LogP contribution in [0.15, 0.2) is 79.1 Å². The van der Waals surface area contributed by atoms with Crippen LogP contribution < -0.4 is 15.3 Å². The second kappa shape index (κ2) is 18.7. The van der Waals surface area contributed by atoms with Gasteiger partial charge in [0, 0.05) is 5.39 Å². The number of carbonyl (C=O) groups is 1. The maximum Gasteiger partial charge on any atom is 0.481 e. The van der Waals surface area contributed by atoms with Crippen molar-refractivity contribution in [2.45, 2.75) is 63.9 Å². The summed E-state index contributed by atoms with van der Waals surface area (Å²) >= 11 is 6.31. The highest BCUT2D eigenvalue weighted by Gasteiger charge is 2.48. The van der Waals surface area contributed by atoms with Crippen LogP contribution in [0.2, 0.25) is 5.28 Å². The first-order valence-corrected chi connectivity index (χ1v) is 21.5. The number of esters is 1. The Morgan fingerprint density at radius 1 is 1.04 bits per heavy atom. The van der Waals surface area contributed by atoms with Crippen LogP contribution in [0.1, 0.15) is 38.5 Å². The van der Waals surface area contributed by atoms with Crippen molar-refractivity contribution in [3.05, 3.63) is 90.0 Å². The number of carbonyl (C=O) groups excluding carboxylic acids is 1. The van der Waals surface area contributed by atoms with E-state index >= 15 is 0 Å². The number of anilines is 1. The van der Waals surface area contributed by atoms with E-state index in [2.05, 4.69) is 24.9 Å². The van der Waals surface area contributed by atoms with Crippen LogP contribution in [0.4, 0.5) is 5.82 Å². The van der Waals surface area contributed by atoms with E-state index in [1.165, 1.54) is 10.6 Å². The number of fused-ring (bicyclic) bond motifs is 2. The number of aliphatic hydroxyl groups is 2. The highest BCUT2D eigenvalue weighted by molar-refractivity contribution is 7.63. The predicted molar refractivity (Wildman–Crippen MR) is 210 cm³/mol. The lowest BCUT2D eigenvalue weighted by Gasteiger charge is -2.27. The van der Waals surface area contributed by atoms with Crippen molar-refractivity contribution in [3.8, 4) is 5.75 Å². The summed E-state index contributed by atoms with van der Waals surface area (Å²) in [7, 11) is -10.5. The molecular weight excluding hydrogens is 804 g/mol. The molecule has 0 amide bonds. The van der Waals surface area contributed by atoms with Gasteiger partial charge in [0.15, 0.2) is 23.2 Å². The van der Waals surface area contributed by atoms with Gasteiger partial charge in [-0.15, -0.1) is 0 Å². The van der Waals surface area contributed by atoms with Gasteiger partial charge in [-0.1, -0.05) is 80.6 Å². The third-order valence-corrected chi connectivity index (χ3v) is 12.8. The van der Waals surface area contributed by atoms with Gasteiger partial charge in [-0.25, -0.2) is 24.1 Å². The van der Waals surface area contributed by atoms with Gasteiger partial charge >= 0.3 is 21.5 Å². The molecule has 306 valence electrons. The molecule has 2 aromatic heterocycles. The molecular formula is C36H44ClN7O11P2. The molecule has 5 aromatic rings. The van der Waals surface area contributed by atoms with Gasteiger partial charge in [0.2, 0.25) is 5.28 Å². The first kappa shape index (κ1) is 42.6. The van der Waals surface area contributed by atoms with E-state index in [0.717, 1.165) is 19.4 Å². The number of nitrogens with zero attached hydrogens (tertiary/aromatic N) is 5. The maximum absolute atomic E-state index is 14.8. The summed E-state index contributed by atoms with van der Waals surface area (Å²) in [5, 5.41) is 25.4. The number of nitrogens with one attached hydrogen (secondary N) is 1. The molecule has 1 aliphatic heterocycles. The molecule has 0 saturated carbocycles. The lowest BCUT2D eigenvalue weighted by Crippen LogP contribution is -2.38. The topological polar surface area (TPSA) is 243 Å². The zero-order valence-electron chi connectivity index (χ0n) is 31.0. The Morgan fingerprint density at radius 3 is 2.51 bits per heavy atom.